The molecule has 3 rings (SSSR count). The highest BCUT2D eigenvalue weighted by Crippen LogP contribution is 2.16. The van der Waals surface area contributed by atoms with Crippen molar-refractivity contribution >= 4 is 17.7 Å². The van der Waals surface area contributed by atoms with Crippen LogP contribution < -0.4 is 15.4 Å². The summed E-state index contributed by atoms with van der Waals surface area (Å²) >= 11 is 0. The normalized spacial score (nSPS) is 11.5. The summed E-state index contributed by atoms with van der Waals surface area (Å²) < 4.78 is 5.79. The number of aliphatic carboxylic acids is 1. The van der Waals surface area contributed by atoms with E-state index in [1.165, 1.54) is 0 Å². The largest absolute Gasteiger partial charge is 0.493 e. The van der Waals surface area contributed by atoms with E-state index in [1.807, 2.05) is 63.4 Å². The number of nitrogens with zero attached hydrogens (tertiary/aromatic N) is 1. The number of carboxylic acids is 1. The Morgan fingerprint density at radius 2 is 1.82 bits per heavy atom. The molecule has 0 spiro atoms. The van der Waals surface area contributed by atoms with E-state index in [-0.39, 0.29) is 6.42 Å². The molecule has 0 bridgehead atoms. The fourth-order valence-corrected chi connectivity index (χ4v) is 3.49. The van der Waals surface area contributed by atoms with Gasteiger partial charge in [0.25, 0.3) is 5.91 Å². The molecule has 1 heterocycles. The third-order valence-electron chi connectivity index (χ3n) is 5.28. The van der Waals surface area contributed by atoms with E-state index in [1.54, 1.807) is 18.2 Å². The van der Waals surface area contributed by atoms with E-state index in [9.17, 15) is 14.7 Å². The number of carboxylic acid groups (broad SMARTS) is 1. The van der Waals surface area contributed by atoms with Crippen LogP contribution in [-0.4, -0.2) is 41.7 Å². The maximum absolute atomic E-state index is 12.6. The average Bonchev–Trinajstić information content (AvgIpc) is 2.79. The number of aromatic nitrogens is 1. The topological polar surface area (TPSA) is 101 Å². The predicted molar refractivity (Wildman–Crippen MR) is 128 cm³/mol. The highest BCUT2D eigenvalue weighted by molar-refractivity contribution is 5.97. The Balaban J connectivity index is 1.56. The number of nitrogens with one attached hydrogen (secondary N) is 2. The Hall–Kier alpha value is -3.87. The van der Waals surface area contributed by atoms with Gasteiger partial charge in [0, 0.05) is 31.1 Å². The summed E-state index contributed by atoms with van der Waals surface area (Å²) in [6, 6.07) is 17.5. The van der Waals surface area contributed by atoms with Gasteiger partial charge in [0.05, 0.1) is 6.61 Å². The first-order valence-corrected chi connectivity index (χ1v) is 10.8. The molecule has 2 aromatic carbocycles. The van der Waals surface area contributed by atoms with Gasteiger partial charge in [-0.15, -0.1) is 0 Å². The maximum Gasteiger partial charge on any atom is 0.326 e. The smallest absolute Gasteiger partial charge is 0.326 e. The lowest BCUT2D eigenvalue weighted by Gasteiger charge is -2.16. The van der Waals surface area contributed by atoms with Crippen molar-refractivity contribution in [1.82, 2.24) is 10.3 Å². The van der Waals surface area contributed by atoms with Gasteiger partial charge in [-0.2, -0.15) is 0 Å². The van der Waals surface area contributed by atoms with Crippen LogP contribution in [0.2, 0.25) is 0 Å². The Morgan fingerprint density at radius 1 is 1.06 bits per heavy atom. The number of carbonyl (C=O) groups excluding carboxylic acids is 1. The molecule has 0 aliphatic carbocycles. The molecule has 172 valence electrons. The molecule has 0 unspecified atom stereocenters. The quantitative estimate of drug-likeness (QED) is 0.437. The van der Waals surface area contributed by atoms with Crippen LogP contribution in [0.15, 0.2) is 60.7 Å². The van der Waals surface area contributed by atoms with Gasteiger partial charge in [-0.25, -0.2) is 9.78 Å². The van der Waals surface area contributed by atoms with Crippen molar-refractivity contribution in [1.29, 1.82) is 0 Å². The summed E-state index contributed by atoms with van der Waals surface area (Å²) in [5.74, 6) is 0.0322. The summed E-state index contributed by atoms with van der Waals surface area (Å²) in [6.07, 6.45) is 0.843. The van der Waals surface area contributed by atoms with Crippen LogP contribution in [0.4, 0.5) is 5.82 Å². The summed E-state index contributed by atoms with van der Waals surface area (Å²) in [5.41, 5.74) is 4.06. The second-order valence-electron chi connectivity index (χ2n) is 7.89. The molecule has 0 saturated heterocycles. The number of rotatable bonds is 10. The maximum atomic E-state index is 12.6. The molecule has 33 heavy (non-hydrogen) atoms. The van der Waals surface area contributed by atoms with Crippen molar-refractivity contribution in [2.45, 2.75) is 32.7 Å². The van der Waals surface area contributed by atoms with Gasteiger partial charge in [-0.05, 0) is 55.3 Å². The van der Waals surface area contributed by atoms with Crippen molar-refractivity contribution in [2.24, 2.45) is 0 Å². The minimum Gasteiger partial charge on any atom is -0.493 e. The first-order chi connectivity index (χ1) is 15.9. The number of anilines is 1. The molecule has 3 N–H and O–H groups in total. The number of carbonyl (C=O) groups is 2. The van der Waals surface area contributed by atoms with Crippen molar-refractivity contribution in [3.8, 4) is 5.75 Å². The lowest BCUT2D eigenvalue weighted by molar-refractivity contribution is -0.139. The lowest BCUT2D eigenvalue weighted by atomic mass is 10.0. The summed E-state index contributed by atoms with van der Waals surface area (Å²) in [6.45, 7) is 4.26. The number of benzene rings is 2. The Bertz CT molecular complexity index is 1110. The zero-order chi connectivity index (χ0) is 23.8. The van der Waals surface area contributed by atoms with Gasteiger partial charge in [-0.3, -0.25) is 4.79 Å². The first-order valence-electron chi connectivity index (χ1n) is 10.8. The summed E-state index contributed by atoms with van der Waals surface area (Å²) in [7, 11) is 1.83. The Kier molecular flexibility index (Phi) is 8.02. The summed E-state index contributed by atoms with van der Waals surface area (Å²) in [4.78, 5) is 28.8. The minimum absolute atomic E-state index is 0.174. The van der Waals surface area contributed by atoms with Gasteiger partial charge in [0.15, 0.2) is 0 Å². The Morgan fingerprint density at radius 3 is 2.48 bits per heavy atom. The number of hydrogen-bond acceptors (Lipinski definition) is 5. The molecule has 0 saturated carbocycles. The number of ether oxygens (including phenoxy) is 1. The lowest BCUT2D eigenvalue weighted by Crippen LogP contribution is -2.42. The zero-order valence-corrected chi connectivity index (χ0v) is 19.1. The molecule has 0 aliphatic heterocycles. The third kappa shape index (κ3) is 6.80. The number of hydrogen-bond donors (Lipinski definition) is 3. The Labute approximate surface area is 193 Å². The van der Waals surface area contributed by atoms with Crippen LogP contribution in [0.3, 0.4) is 0 Å². The fraction of sp³-hybridized carbons (Fsp3) is 0.269. The van der Waals surface area contributed by atoms with Crippen molar-refractivity contribution in [3.05, 3.63) is 88.6 Å². The van der Waals surface area contributed by atoms with E-state index >= 15 is 0 Å². The molecule has 0 radical (unpaired) electrons. The highest BCUT2D eigenvalue weighted by Gasteiger charge is 2.22. The van der Waals surface area contributed by atoms with E-state index in [0.29, 0.717) is 24.3 Å². The van der Waals surface area contributed by atoms with Crippen molar-refractivity contribution in [2.75, 3.05) is 19.0 Å². The minimum atomic E-state index is -1.08. The fourth-order valence-electron chi connectivity index (χ4n) is 3.49. The van der Waals surface area contributed by atoms with Crippen LogP contribution >= 0.6 is 0 Å². The number of amides is 1. The molecule has 3 aromatic rings. The zero-order valence-electron chi connectivity index (χ0n) is 19.1. The molecule has 7 nitrogen and oxygen atoms in total. The van der Waals surface area contributed by atoms with E-state index in [0.717, 1.165) is 28.2 Å². The SMILES string of the molecule is CNc1cccc(CCOc2ccc(C[C@H](NC(=O)c3ccc(C)cc3C)C(=O)O)cc2)n1. The van der Waals surface area contributed by atoms with Gasteiger partial charge < -0.3 is 20.5 Å². The second-order valence-corrected chi connectivity index (χ2v) is 7.89. The van der Waals surface area contributed by atoms with Crippen LogP contribution in [0.5, 0.6) is 5.75 Å². The van der Waals surface area contributed by atoms with Crippen LogP contribution in [0.25, 0.3) is 0 Å². The number of aryl methyl sites for hydroxylation is 2. The van der Waals surface area contributed by atoms with Crippen LogP contribution in [0, 0.1) is 13.8 Å². The summed E-state index contributed by atoms with van der Waals surface area (Å²) in [5, 5.41) is 15.3. The van der Waals surface area contributed by atoms with E-state index in [2.05, 4.69) is 15.6 Å². The molecule has 1 amide bonds. The van der Waals surface area contributed by atoms with Gasteiger partial charge in [0.1, 0.15) is 17.6 Å². The molecular weight excluding hydrogens is 418 g/mol. The number of pyridine rings is 1. The van der Waals surface area contributed by atoms with Crippen molar-refractivity contribution < 1.29 is 19.4 Å². The van der Waals surface area contributed by atoms with Crippen molar-refractivity contribution in [3.63, 3.8) is 0 Å². The molecular formula is C26H29N3O4. The first kappa shape index (κ1) is 23.8. The third-order valence-corrected chi connectivity index (χ3v) is 5.28. The van der Waals surface area contributed by atoms with E-state index in [4.69, 9.17) is 4.74 Å². The molecule has 1 aromatic heterocycles. The molecule has 0 aliphatic rings. The standard InChI is InChI=1S/C26H29N3O4/c1-17-7-12-22(18(2)15-17)25(30)29-23(26(31)32)16-19-8-10-21(11-9-19)33-14-13-20-5-4-6-24(27-3)28-20/h4-12,15,23H,13-14,16H2,1-3H3,(H,27,28)(H,29,30)(H,31,32)/t23-/m0/s1. The highest BCUT2D eigenvalue weighted by atomic mass is 16.5. The van der Waals surface area contributed by atoms with Crippen LogP contribution in [-0.2, 0) is 17.6 Å². The predicted octanol–water partition coefficient (Wildman–Crippen LogP) is 3.79. The average molecular weight is 448 g/mol. The van der Waals surface area contributed by atoms with Gasteiger partial charge in [0.2, 0.25) is 0 Å². The van der Waals surface area contributed by atoms with E-state index < -0.39 is 17.9 Å². The monoisotopic (exact) mass is 447 g/mol. The molecule has 7 heteroatoms. The second kappa shape index (κ2) is 11.1. The molecule has 1 atom stereocenters. The molecule has 0 fully saturated rings. The van der Waals surface area contributed by atoms with Crippen LogP contribution in [0.1, 0.15) is 32.7 Å². The van der Waals surface area contributed by atoms with Gasteiger partial charge >= 0.3 is 5.97 Å². The van der Waals surface area contributed by atoms with Gasteiger partial charge in [-0.1, -0.05) is 35.9 Å².